The van der Waals surface area contributed by atoms with E-state index in [0.717, 1.165) is 26.7 Å². The molecule has 3 atom stereocenters. The van der Waals surface area contributed by atoms with E-state index >= 15 is 0 Å². The van der Waals surface area contributed by atoms with E-state index in [9.17, 15) is 4.79 Å². The Morgan fingerprint density at radius 2 is 1.61 bits per heavy atom. The van der Waals surface area contributed by atoms with E-state index in [2.05, 4.69) is 10.3 Å². The molecule has 0 aliphatic carbocycles. The molecule has 0 spiro atoms. The summed E-state index contributed by atoms with van der Waals surface area (Å²) in [6.07, 6.45) is 0. The summed E-state index contributed by atoms with van der Waals surface area (Å²) in [5.41, 5.74) is 9.30. The number of amides is 1. The van der Waals surface area contributed by atoms with Gasteiger partial charge in [-0.3, -0.25) is 4.79 Å². The summed E-state index contributed by atoms with van der Waals surface area (Å²) in [6.45, 7) is 5.85. The second-order valence-electron chi connectivity index (χ2n) is 6.79. The Kier molecular flexibility index (Phi) is 7.75. The summed E-state index contributed by atoms with van der Waals surface area (Å²) in [4.78, 5) is 18.5. The van der Waals surface area contributed by atoms with Gasteiger partial charge in [-0.25, -0.2) is 4.98 Å². The minimum absolute atomic E-state index is 0. The highest BCUT2D eigenvalue weighted by molar-refractivity contribution is 7.15. The van der Waals surface area contributed by atoms with E-state index in [1.54, 1.807) is 11.3 Å². The number of thiazole rings is 1. The largest absolute Gasteiger partial charge is 0.348 e. The van der Waals surface area contributed by atoms with E-state index in [-0.39, 0.29) is 36.3 Å². The standard InChI is InChI=1S/C22H25N3OS.ClH/c1-14(19(23)17-10-6-4-7-11-17)21(26)24-15(2)20-16(3)25-22(27-20)18-12-8-5-9-13-18;/h4-15,19H,23H2,1-3H3,(H,24,26);1H. The summed E-state index contributed by atoms with van der Waals surface area (Å²) in [5.74, 6) is -0.371. The van der Waals surface area contributed by atoms with Crippen LogP contribution in [0.25, 0.3) is 10.6 Å². The molecule has 1 heterocycles. The monoisotopic (exact) mass is 415 g/mol. The van der Waals surface area contributed by atoms with Gasteiger partial charge in [0, 0.05) is 11.6 Å². The summed E-state index contributed by atoms with van der Waals surface area (Å²) in [7, 11) is 0. The molecule has 2 aromatic carbocycles. The number of aryl methyl sites for hydroxylation is 1. The third-order valence-electron chi connectivity index (χ3n) is 4.74. The smallest absolute Gasteiger partial charge is 0.225 e. The molecule has 4 nitrogen and oxygen atoms in total. The number of hydrogen-bond donors (Lipinski definition) is 2. The first kappa shape index (κ1) is 22.1. The maximum absolute atomic E-state index is 12.7. The van der Waals surface area contributed by atoms with Gasteiger partial charge >= 0.3 is 0 Å². The van der Waals surface area contributed by atoms with Crippen LogP contribution in [0, 0.1) is 12.8 Å². The lowest BCUT2D eigenvalue weighted by Gasteiger charge is -2.22. The van der Waals surface area contributed by atoms with E-state index in [4.69, 9.17) is 5.73 Å². The van der Waals surface area contributed by atoms with Crippen molar-refractivity contribution >= 4 is 29.7 Å². The molecule has 148 valence electrons. The molecule has 3 rings (SSSR count). The van der Waals surface area contributed by atoms with Crippen LogP contribution in [0.15, 0.2) is 60.7 Å². The maximum atomic E-state index is 12.7. The van der Waals surface area contributed by atoms with Crippen LogP contribution in [0.5, 0.6) is 0 Å². The van der Waals surface area contributed by atoms with Crippen molar-refractivity contribution in [1.82, 2.24) is 10.3 Å². The summed E-state index contributed by atoms with van der Waals surface area (Å²) >= 11 is 1.62. The lowest BCUT2D eigenvalue weighted by Crippen LogP contribution is -2.36. The molecule has 3 aromatic rings. The third kappa shape index (κ3) is 4.98. The van der Waals surface area contributed by atoms with Crippen LogP contribution in [0.1, 0.15) is 42.1 Å². The van der Waals surface area contributed by atoms with Gasteiger partial charge in [0.05, 0.1) is 22.5 Å². The van der Waals surface area contributed by atoms with Gasteiger partial charge in [0.15, 0.2) is 0 Å². The highest BCUT2D eigenvalue weighted by atomic mass is 35.5. The second kappa shape index (κ2) is 9.82. The first-order valence-corrected chi connectivity index (χ1v) is 9.92. The van der Waals surface area contributed by atoms with Crippen molar-refractivity contribution in [2.24, 2.45) is 11.7 Å². The Morgan fingerprint density at radius 1 is 1.04 bits per heavy atom. The van der Waals surface area contributed by atoms with Gasteiger partial charge in [0.2, 0.25) is 5.91 Å². The average molecular weight is 416 g/mol. The third-order valence-corrected chi connectivity index (χ3v) is 6.13. The first-order chi connectivity index (χ1) is 13.0. The molecule has 3 N–H and O–H groups in total. The van der Waals surface area contributed by atoms with Crippen molar-refractivity contribution in [3.8, 4) is 10.6 Å². The zero-order chi connectivity index (χ0) is 19.4. The fraction of sp³-hybridized carbons (Fsp3) is 0.273. The normalized spacial score (nSPS) is 13.9. The van der Waals surface area contributed by atoms with Crippen LogP contribution < -0.4 is 11.1 Å². The van der Waals surface area contributed by atoms with Gasteiger partial charge in [0.25, 0.3) is 0 Å². The molecule has 0 radical (unpaired) electrons. The minimum Gasteiger partial charge on any atom is -0.348 e. The molecule has 1 aromatic heterocycles. The van der Waals surface area contributed by atoms with Gasteiger partial charge in [-0.05, 0) is 19.4 Å². The van der Waals surface area contributed by atoms with Crippen molar-refractivity contribution in [3.05, 3.63) is 76.8 Å². The number of benzene rings is 2. The molecular weight excluding hydrogens is 390 g/mol. The topological polar surface area (TPSA) is 68.0 Å². The molecular formula is C22H26ClN3OS. The van der Waals surface area contributed by atoms with Crippen LogP contribution in [0.3, 0.4) is 0 Å². The Balaban J connectivity index is 0.00000280. The van der Waals surface area contributed by atoms with Crippen molar-refractivity contribution in [2.75, 3.05) is 0 Å². The Bertz CT molecular complexity index is 899. The zero-order valence-corrected chi connectivity index (χ0v) is 17.9. The van der Waals surface area contributed by atoms with Crippen molar-refractivity contribution in [3.63, 3.8) is 0 Å². The number of halogens is 1. The van der Waals surface area contributed by atoms with Gasteiger partial charge in [0.1, 0.15) is 5.01 Å². The van der Waals surface area contributed by atoms with Crippen molar-refractivity contribution in [2.45, 2.75) is 32.9 Å². The van der Waals surface area contributed by atoms with Crippen LogP contribution in [0.2, 0.25) is 0 Å². The molecule has 0 bridgehead atoms. The van der Waals surface area contributed by atoms with Gasteiger partial charge < -0.3 is 11.1 Å². The van der Waals surface area contributed by atoms with Crippen molar-refractivity contribution < 1.29 is 4.79 Å². The lowest BCUT2D eigenvalue weighted by molar-refractivity contribution is -0.125. The van der Waals surface area contributed by atoms with Crippen LogP contribution in [0.4, 0.5) is 0 Å². The molecule has 0 aliphatic heterocycles. The molecule has 6 heteroatoms. The molecule has 0 aliphatic rings. The SMILES string of the molecule is Cc1nc(-c2ccccc2)sc1C(C)NC(=O)C(C)C(N)c1ccccc1.Cl. The highest BCUT2D eigenvalue weighted by Crippen LogP contribution is 2.32. The Morgan fingerprint density at radius 3 is 2.21 bits per heavy atom. The Hall–Kier alpha value is -2.21. The second-order valence-corrected chi connectivity index (χ2v) is 7.82. The predicted molar refractivity (Wildman–Crippen MR) is 119 cm³/mol. The molecule has 3 unspecified atom stereocenters. The highest BCUT2D eigenvalue weighted by Gasteiger charge is 2.25. The number of nitrogens with zero attached hydrogens (tertiary/aromatic N) is 1. The number of hydrogen-bond acceptors (Lipinski definition) is 4. The van der Waals surface area contributed by atoms with Crippen LogP contribution in [-0.4, -0.2) is 10.9 Å². The first-order valence-electron chi connectivity index (χ1n) is 9.11. The molecule has 0 saturated carbocycles. The number of nitrogens with two attached hydrogens (primary N) is 1. The van der Waals surface area contributed by atoms with E-state index in [0.29, 0.717) is 0 Å². The Labute approximate surface area is 176 Å². The maximum Gasteiger partial charge on any atom is 0.225 e. The minimum atomic E-state index is -0.333. The fourth-order valence-corrected chi connectivity index (χ4v) is 4.13. The molecule has 0 saturated heterocycles. The fourth-order valence-electron chi connectivity index (χ4n) is 3.05. The van der Waals surface area contributed by atoms with Gasteiger partial charge in [-0.15, -0.1) is 23.7 Å². The molecule has 0 fully saturated rings. The molecule has 1 amide bonds. The number of rotatable bonds is 6. The molecule has 28 heavy (non-hydrogen) atoms. The quantitative estimate of drug-likeness (QED) is 0.591. The summed E-state index contributed by atoms with van der Waals surface area (Å²) in [6, 6.07) is 19.4. The van der Waals surface area contributed by atoms with E-state index in [1.165, 1.54) is 0 Å². The number of carbonyl (C=O) groups is 1. The van der Waals surface area contributed by atoms with E-state index < -0.39 is 0 Å². The summed E-state index contributed by atoms with van der Waals surface area (Å²) in [5, 5.41) is 4.07. The zero-order valence-electron chi connectivity index (χ0n) is 16.3. The van der Waals surface area contributed by atoms with E-state index in [1.807, 2.05) is 81.4 Å². The lowest BCUT2D eigenvalue weighted by atomic mass is 9.94. The van der Waals surface area contributed by atoms with Crippen LogP contribution in [-0.2, 0) is 4.79 Å². The number of nitrogens with one attached hydrogen (secondary N) is 1. The summed E-state index contributed by atoms with van der Waals surface area (Å²) < 4.78 is 0. The average Bonchev–Trinajstić information content (AvgIpc) is 3.10. The predicted octanol–water partition coefficient (Wildman–Crippen LogP) is 5.05. The van der Waals surface area contributed by atoms with Crippen LogP contribution >= 0.6 is 23.7 Å². The van der Waals surface area contributed by atoms with Gasteiger partial charge in [-0.2, -0.15) is 0 Å². The van der Waals surface area contributed by atoms with Crippen molar-refractivity contribution in [1.29, 1.82) is 0 Å². The number of carbonyl (C=O) groups excluding carboxylic acids is 1. The van der Waals surface area contributed by atoms with Gasteiger partial charge in [-0.1, -0.05) is 67.6 Å². The number of aromatic nitrogens is 1.